The van der Waals surface area contributed by atoms with Crippen molar-refractivity contribution in [1.29, 1.82) is 0 Å². The first-order valence-corrected chi connectivity index (χ1v) is 12.7. The molecule has 35 heavy (non-hydrogen) atoms. The number of benzene rings is 3. The van der Waals surface area contributed by atoms with Crippen molar-refractivity contribution in [2.75, 3.05) is 5.32 Å². The highest BCUT2D eigenvalue weighted by Gasteiger charge is 2.22. The Labute approximate surface area is 215 Å². The van der Waals surface area contributed by atoms with Crippen LogP contribution in [0.5, 0.6) is 0 Å². The Kier molecular flexibility index (Phi) is 7.78. The molecule has 1 heterocycles. The lowest BCUT2D eigenvalue weighted by atomic mass is 10.1. The summed E-state index contributed by atoms with van der Waals surface area (Å²) in [5, 5.41) is 16.3. The smallest absolute Gasteiger partial charge is 0.319 e. The molecule has 1 aromatic heterocycles. The van der Waals surface area contributed by atoms with Crippen LogP contribution in [0.25, 0.3) is 5.69 Å². The number of anilines is 1. The predicted octanol–water partition coefficient (Wildman–Crippen LogP) is 7.02. The second-order valence-corrected chi connectivity index (χ2v) is 9.84. The highest BCUT2D eigenvalue weighted by atomic mass is 35.5. The lowest BCUT2D eigenvalue weighted by molar-refractivity contribution is 0.248. The van der Waals surface area contributed by atoms with Crippen LogP contribution in [0.2, 0.25) is 5.02 Å². The zero-order valence-electron chi connectivity index (χ0n) is 20.2. The molecule has 0 saturated heterocycles. The van der Waals surface area contributed by atoms with Gasteiger partial charge in [0.15, 0.2) is 11.0 Å². The van der Waals surface area contributed by atoms with Crippen LogP contribution in [0.1, 0.15) is 41.0 Å². The Hall–Kier alpha value is -3.29. The van der Waals surface area contributed by atoms with Crippen molar-refractivity contribution in [3.8, 4) is 5.69 Å². The number of carbonyl (C=O) groups is 1. The number of hydrogen-bond donors (Lipinski definition) is 2. The number of carbonyl (C=O) groups excluding carboxylic acids is 1. The van der Waals surface area contributed by atoms with Gasteiger partial charge in [-0.05, 0) is 68.1 Å². The number of para-hydroxylation sites is 1. The fourth-order valence-electron chi connectivity index (χ4n) is 3.75. The van der Waals surface area contributed by atoms with Crippen LogP contribution in [-0.4, -0.2) is 20.8 Å². The van der Waals surface area contributed by atoms with E-state index in [0.717, 1.165) is 33.4 Å². The van der Waals surface area contributed by atoms with Crippen LogP contribution in [0.4, 0.5) is 10.5 Å². The number of halogens is 1. The average molecular weight is 506 g/mol. The fourth-order valence-corrected chi connectivity index (χ4v) is 4.95. The van der Waals surface area contributed by atoms with E-state index in [0.29, 0.717) is 10.8 Å². The summed E-state index contributed by atoms with van der Waals surface area (Å²) in [6.07, 6.45) is 0. The average Bonchev–Trinajstić information content (AvgIpc) is 3.25. The van der Waals surface area contributed by atoms with Crippen LogP contribution < -0.4 is 10.6 Å². The summed E-state index contributed by atoms with van der Waals surface area (Å²) in [6, 6.07) is 21.0. The van der Waals surface area contributed by atoms with Gasteiger partial charge in [0, 0.05) is 16.5 Å². The topological polar surface area (TPSA) is 71.8 Å². The highest BCUT2D eigenvalue weighted by Crippen LogP contribution is 2.31. The summed E-state index contributed by atoms with van der Waals surface area (Å²) in [5.41, 5.74) is 6.14. The van der Waals surface area contributed by atoms with E-state index < -0.39 is 6.04 Å². The molecular weight excluding hydrogens is 478 g/mol. The summed E-state index contributed by atoms with van der Waals surface area (Å²) in [5.74, 6) is 1.38. The lowest BCUT2D eigenvalue weighted by Crippen LogP contribution is -2.32. The molecule has 0 spiro atoms. The summed E-state index contributed by atoms with van der Waals surface area (Å²) in [4.78, 5) is 12.8. The van der Waals surface area contributed by atoms with E-state index in [1.165, 1.54) is 11.1 Å². The molecule has 1 unspecified atom stereocenters. The van der Waals surface area contributed by atoms with Gasteiger partial charge in [-0.25, -0.2) is 4.79 Å². The summed E-state index contributed by atoms with van der Waals surface area (Å²) < 4.78 is 1.99. The van der Waals surface area contributed by atoms with E-state index in [-0.39, 0.29) is 6.03 Å². The van der Waals surface area contributed by atoms with Gasteiger partial charge >= 0.3 is 6.03 Å². The lowest BCUT2D eigenvalue weighted by Gasteiger charge is -2.18. The van der Waals surface area contributed by atoms with Crippen LogP contribution >= 0.6 is 23.4 Å². The molecule has 0 aliphatic rings. The Bertz CT molecular complexity index is 1350. The minimum absolute atomic E-state index is 0.307. The quantitative estimate of drug-likeness (QED) is 0.265. The molecule has 8 heteroatoms. The van der Waals surface area contributed by atoms with E-state index in [9.17, 15) is 4.79 Å². The number of thioether (sulfide) groups is 1. The highest BCUT2D eigenvalue weighted by molar-refractivity contribution is 7.98. The molecule has 4 aromatic rings. The fraction of sp³-hybridized carbons (Fsp3) is 0.222. The Morgan fingerprint density at radius 3 is 2.43 bits per heavy atom. The van der Waals surface area contributed by atoms with Crippen molar-refractivity contribution >= 4 is 35.1 Å². The molecule has 0 fully saturated rings. The number of hydrogen-bond acceptors (Lipinski definition) is 4. The minimum atomic E-state index is -0.405. The SMILES string of the molecule is Cc1ccccc1CSc1nnc(C(C)NC(=O)Nc2ccccc2C)n1-c1cc(Cl)ccc1C. The molecule has 180 valence electrons. The van der Waals surface area contributed by atoms with E-state index in [2.05, 4.69) is 39.9 Å². The molecule has 2 amide bonds. The van der Waals surface area contributed by atoms with E-state index in [4.69, 9.17) is 11.6 Å². The third-order valence-electron chi connectivity index (χ3n) is 5.82. The summed E-state index contributed by atoms with van der Waals surface area (Å²) in [7, 11) is 0. The first-order chi connectivity index (χ1) is 16.8. The number of aryl methyl sites for hydroxylation is 3. The van der Waals surface area contributed by atoms with Crippen LogP contribution in [0.3, 0.4) is 0 Å². The van der Waals surface area contributed by atoms with E-state index >= 15 is 0 Å². The maximum atomic E-state index is 12.8. The maximum Gasteiger partial charge on any atom is 0.319 e. The Balaban J connectivity index is 1.63. The third kappa shape index (κ3) is 5.86. The standard InChI is InChI=1S/C27H28ClN5OS/c1-17-9-5-7-11-21(17)16-35-27-32-31-25(33(27)24-15-22(28)14-13-19(24)3)20(4)29-26(34)30-23-12-8-6-10-18(23)2/h5-15,20H,16H2,1-4H3,(H2,29,30,34). The predicted molar refractivity (Wildman–Crippen MR) is 144 cm³/mol. The van der Waals surface area contributed by atoms with Crippen LogP contribution in [0.15, 0.2) is 71.9 Å². The molecule has 2 N–H and O–H groups in total. The second-order valence-electron chi connectivity index (χ2n) is 8.46. The van der Waals surface area contributed by atoms with Crippen molar-refractivity contribution in [3.05, 3.63) is 99.8 Å². The number of amides is 2. The molecule has 0 radical (unpaired) electrons. The molecule has 3 aromatic carbocycles. The second kappa shape index (κ2) is 11.0. The first kappa shape index (κ1) is 24.8. The summed E-state index contributed by atoms with van der Waals surface area (Å²) >= 11 is 7.96. The van der Waals surface area contributed by atoms with Gasteiger partial charge in [-0.1, -0.05) is 71.9 Å². The van der Waals surface area contributed by atoms with Gasteiger partial charge < -0.3 is 10.6 Å². The largest absolute Gasteiger partial charge is 0.328 e. The van der Waals surface area contributed by atoms with Gasteiger partial charge in [0.05, 0.1) is 11.7 Å². The van der Waals surface area contributed by atoms with Gasteiger partial charge in [-0.15, -0.1) is 10.2 Å². The number of rotatable bonds is 7. The van der Waals surface area contributed by atoms with Crippen molar-refractivity contribution in [2.24, 2.45) is 0 Å². The van der Waals surface area contributed by atoms with Crippen molar-refractivity contribution in [1.82, 2.24) is 20.1 Å². The minimum Gasteiger partial charge on any atom is -0.328 e. The van der Waals surface area contributed by atoms with Gasteiger partial charge in [0.1, 0.15) is 0 Å². The zero-order valence-corrected chi connectivity index (χ0v) is 21.7. The number of nitrogens with zero attached hydrogens (tertiary/aromatic N) is 3. The normalized spacial score (nSPS) is 11.8. The Morgan fingerprint density at radius 2 is 1.69 bits per heavy atom. The number of urea groups is 1. The zero-order chi connectivity index (χ0) is 24.9. The molecule has 6 nitrogen and oxygen atoms in total. The first-order valence-electron chi connectivity index (χ1n) is 11.4. The molecule has 0 saturated carbocycles. The van der Waals surface area contributed by atoms with Crippen LogP contribution in [-0.2, 0) is 5.75 Å². The van der Waals surface area contributed by atoms with Crippen LogP contribution in [0, 0.1) is 20.8 Å². The number of aromatic nitrogens is 3. The molecular formula is C27H28ClN5OS. The van der Waals surface area contributed by atoms with Crippen molar-refractivity contribution in [3.63, 3.8) is 0 Å². The maximum absolute atomic E-state index is 12.8. The van der Waals surface area contributed by atoms with Gasteiger partial charge in [0.2, 0.25) is 0 Å². The summed E-state index contributed by atoms with van der Waals surface area (Å²) in [6.45, 7) is 7.98. The van der Waals surface area contributed by atoms with Gasteiger partial charge in [-0.2, -0.15) is 0 Å². The monoisotopic (exact) mass is 505 g/mol. The van der Waals surface area contributed by atoms with Gasteiger partial charge in [-0.3, -0.25) is 4.57 Å². The molecule has 0 aliphatic heterocycles. The molecule has 0 bridgehead atoms. The Morgan fingerprint density at radius 1 is 0.971 bits per heavy atom. The van der Waals surface area contributed by atoms with E-state index in [1.54, 1.807) is 11.8 Å². The van der Waals surface area contributed by atoms with Crippen molar-refractivity contribution in [2.45, 2.75) is 44.6 Å². The molecule has 1 atom stereocenters. The van der Waals surface area contributed by atoms with Gasteiger partial charge in [0.25, 0.3) is 0 Å². The van der Waals surface area contributed by atoms with Crippen molar-refractivity contribution < 1.29 is 4.79 Å². The molecule has 0 aliphatic carbocycles. The number of nitrogens with one attached hydrogen (secondary N) is 2. The van der Waals surface area contributed by atoms with E-state index in [1.807, 2.05) is 79.9 Å². The third-order valence-corrected chi connectivity index (χ3v) is 7.03. The molecule has 4 rings (SSSR count).